The van der Waals surface area contributed by atoms with Gasteiger partial charge in [0.15, 0.2) is 5.65 Å². The Morgan fingerprint density at radius 1 is 1.22 bits per heavy atom. The molecule has 214 valence electrons. The Morgan fingerprint density at radius 3 is 2.78 bits per heavy atom. The average molecular weight is 564 g/mol. The molecule has 4 aromatic heterocycles. The van der Waals surface area contributed by atoms with Crippen LogP contribution in [0.4, 0.5) is 16.4 Å². The Morgan fingerprint density at radius 2 is 2.05 bits per heavy atom. The second-order valence-electron chi connectivity index (χ2n) is 11.3. The molecule has 0 aromatic carbocycles. The van der Waals surface area contributed by atoms with Crippen LogP contribution in [0.2, 0.25) is 0 Å². The molecular weight excluding hydrogens is 526 g/mol. The number of carbonyl (C=O) groups excluding carboxylic acids is 2. The maximum Gasteiger partial charge on any atom is 0.407 e. The third-order valence-electron chi connectivity index (χ3n) is 8.80. The van der Waals surface area contributed by atoms with Gasteiger partial charge >= 0.3 is 11.8 Å². The molecule has 3 saturated carbocycles. The van der Waals surface area contributed by atoms with Crippen molar-refractivity contribution in [2.24, 2.45) is 24.5 Å². The summed E-state index contributed by atoms with van der Waals surface area (Å²) >= 11 is 0. The number of rotatable bonds is 7. The zero-order valence-electron chi connectivity index (χ0n) is 26.7. The van der Waals surface area contributed by atoms with Crippen molar-refractivity contribution in [2.45, 2.75) is 63.0 Å². The van der Waals surface area contributed by atoms with Gasteiger partial charge in [-0.05, 0) is 69.4 Å². The summed E-state index contributed by atoms with van der Waals surface area (Å²) in [4.78, 5) is 47.3. The molecule has 0 spiro atoms. The Kier molecular flexibility index (Phi) is 4.71. The van der Waals surface area contributed by atoms with E-state index >= 15 is 0 Å². The number of nitrogens with two attached hydrogens (primary N) is 1. The number of nitrogens with one attached hydrogen (secondary N) is 2. The van der Waals surface area contributed by atoms with Gasteiger partial charge in [-0.2, -0.15) is 5.10 Å². The highest BCUT2D eigenvalue weighted by Crippen LogP contribution is 2.61. The summed E-state index contributed by atoms with van der Waals surface area (Å²) in [6.45, 7) is -0.922. The molecule has 3 aliphatic rings. The largest absolute Gasteiger partial charge is 0.453 e. The first-order chi connectivity index (χ1) is 21.3. The van der Waals surface area contributed by atoms with Crippen molar-refractivity contribution < 1.29 is 19.8 Å². The second-order valence-corrected chi connectivity index (χ2v) is 11.3. The van der Waals surface area contributed by atoms with E-state index in [1.165, 1.54) is 17.9 Å². The number of aromatic nitrogens is 6. The number of amides is 2. The van der Waals surface area contributed by atoms with Crippen LogP contribution in [0.25, 0.3) is 22.1 Å². The number of anilines is 2. The predicted molar refractivity (Wildman–Crippen MR) is 151 cm³/mol. The van der Waals surface area contributed by atoms with Crippen LogP contribution in [-0.4, -0.2) is 54.0 Å². The lowest BCUT2D eigenvalue weighted by atomic mass is 10.1. The number of imidazole rings is 1. The Bertz CT molecular complexity index is 1950. The number of pyridine rings is 2. The maximum absolute atomic E-state index is 13.6. The third-order valence-corrected chi connectivity index (χ3v) is 8.80. The van der Waals surface area contributed by atoms with Crippen LogP contribution in [0.3, 0.4) is 0 Å². The third kappa shape index (κ3) is 3.97. The lowest BCUT2D eigenvalue weighted by Crippen LogP contribution is -2.37. The van der Waals surface area contributed by atoms with Gasteiger partial charge in [-0.15, -0.1) is 0 Å². The number of carbonyl (C=O) groups is 2. The van der Waals surface area contributed by atoms with Crippen LogP contribution in [0.5, 0.6) is 0 Å². The van der Waals surface area contributed by atoms with E-state index in [-0.39, 0.29) is 24.3 Å². The Labute approximate surface area is 240 Å². The SMILES string of the molecule is [2H]C([2H])([2H])n1c(=O)n([C@@H]2CC[C@@]([2H])(NC(=O)OC)C2)c2cc(Nc3ccc4c(C)nn([C@@]5(C(N)=O)C[C@@H]5C5CC5)c4n3)ncc21. The normalized spacial score (nSPS) is 29.0. The molecule has 2 amide bonds. The van der Waals surface area contributed by atoms with Crippen molar-refractivity contribution in [3.8, 4) is 0 Å². The van der Waals surface area contributed by atoms with Crippen LogP contribution in [0, 0.1) is 18.8 Å². The molecule has 3 aliphatic carbocycles. The van der Waals surface area contributed by atoms with E-state index in [0.717, 1.165) is 28.5 Å². The molecule has 41 heavy (non-hydrogen) atoms. The quantitative estimate of drug-likeness (QED) is 0.309. The van der Waals surface area contributed by atoms with Gasteiger partial charge in [0.25, 0.3) is 0 Å². The van der Waals surface area contributed by atoms with Gasteiger partial charge < -0.3 is 21.1 Å². The summed E-state index contributed by atoms with van der Waals surface area (Å²) in [5.41, 5.74) is 5.92. The monoisotopic (exact) mass is 563 g/mol. The van der Waals surface area contributed by atoms with E-state index in [1.54, 1.807) is 16.8 Å². The van der Waals surface area contributed by atoms with E-state index in [2.05, 4.69) is 25.5 Å². The summed E-state index contributed by atoms with van der Waals surface area (Å²) in [6.07, 6.45) is 4.00. The highest BCUT2D eigenvalue weighted by atomic mass is 16.5. The molecule has 13 heteroatoms. The topological polar surface area (TPSA) is 164 Å². The van der Waals surface area contributed by atoms with Gasteiger partial charge in [0.05, 0.1) is 31.4 Å². The summed E-state index contributed by atoms with van der Waals surface area (Å²) in [6, 6.07) is 3.22. The van der Waals surface area contributed by atoms with E-state index < -0.39 is 42.3 Å². The van der Waals surface area contributed by atoms with Crippen LogP contribution in [0.15, 0.2) is 29.2 Å². The molecule has 0 radical (unpaired) electrons. The lowest BCUT2D eigenvalue weighted by Gasteiger charge is -2.16. The molecule has 0 aliphatic heterocycles. The Balaban J connectivity index is 1.27. The van der Waals surface area contributed by atoms with Crippen molar-refractivity contribution in [1.29, 1.82) is 0 Å². The standard InChI is InChI=1S/C28H33N9O4/c1-14-18-8-9-22(33-24(18)37(34-14)28(25(29)38)12-19(28)15-4-5-15)32-23-11-20-21(13-30-23)35(2)27(40)36(20)17-7-6-16(10-17)31-26(39)41-3/h8-9,11,13,15-17,19H,4-7,10,12H2,1-3H3,(H2,29,38)(H,31,39)(H,30,32,33)/t16-,17-,19-,28+/m1/s1/i2D3,16D. The Hall–Kier alpha value is -4.42. The molecule has 4 N–H and O–H groups in total. The molecule has 0 bridgehead atoms. The average Bonchev–Trinajstić information content (AvgIpc) is 3.85. The van der Waals surface area contributed by atoms with E-state index in [4.69, 9.17) is 16.2 Å². The summed E-state index contributed by atoms with van der Waals surface area (Å²) < 4.78 is 41.1. The number of methoxy groups -OCH3 is 1. The molecule has 0 unspecified atom stereocenters. The van der Waals surface area contributed by atoms with E-state index in [0.29, 0.717) is 41.6 Å². The molecule has 3 fully saturated rings. The molecule has 0 saturated heterocycles. The lowest BCUT2D eigenvalue weighted by molar-refractivity contribution is -0.123. The number of alkyl carbamates (subject to hydrolysis) is 1. The van der Waals surface area contributed by atoms with Gasteiger partial charge in [-0.3, -0.25) is 13.9 Å². The number of ether oxygens (including phenoxy) is 1. The molecule has 13 nitrogen and oxygen atoms in total. The molecular formula is C28H33N9O4. The molecule has 4 heterocycles. The zero-order chi connectivity index (χ0) is 32.1. The van der Waals surface area contributed by atoms with Crippen LogP contribution in [0.1, 0.15) is 55.7 Å². The summed E-state index contributed by atoms with van der Waals surface area (Å²) in [5.74, 6) is 0.878. The van der Waals surface area contributed by atoms with Gasteiger partial charge in [-0.1, -0.05) is 0 Å². The number of nitrogens with zero attached hydrogens (tertiary/aromatic N) is 6. The first kappa shape index (κ1) is 21.3. The zero-order valence-corrected chi connectivity index (χ0v) is 22.7. The number of fused-ring (bicyclic) bond motifs is 2. The fourth-order valence-electron chi connectivity index (χ4n) is 6.48. The maximum atomic E-state index is 13.6. The van der Waals surface area contributed by atoms with Gasteiger partial charge in [-0.25, -0.2) is 24.2 Å². The van der Waals surface area contributed by atoms with Crippen LogP contribution >= 0.6 is 0 Å². The van der Waals surface area contributed by atoms with Crippen molar-refractivity contribution in [3.63, 3.8) is 0 Å². The summed E-state index contributed by atoms with van der Waals surface area (Å²) in [7, 11) is 1.20. The first-order valence-electron chi connectivity index (χ1n) is 15.7. The minimum Gasteiger partial charge on any atom is -0.453 e. The number of primary amides is 1. The highest BCUT2D eigenvalue weighted by Gasteiger charge is 2.66. The minimum absolute atomic E-state index is 0.0677. The number of hydrogen-bond acceptors (Lipinski definition) is 8. The van der Waals surface area contributed by atoms with E-state index in [1.807, 2.05) is 13.0 Å². The molecule has 4 aromatic rings. The van der Waals surface area contributed by atoms with Crippen LogP contribution < -0.4 is 22.1 Å². The first-order valence-corrected chi connectivity index (χ1v) is 13.7. The van der Waals surface area contributed by atoms with Crippen molar-refractivity contribution in [3.05, 3.63) is 40.6 Å². The molecule has 7 rings (SSSR count). The van der Waals surface area contributed by atoms with Gasteiger partial charge in [0, 0.05) is 34.6 Å². The fourth-order valence-corrected chi connectivity index (χ4v) is 6.48. The number of aryl methyl sites for hydroxylation is 2. The minimum atomic E-state index is -2.78. The predicted octanol–water partition coefficient (Wildman–Crippen LogP) is 2.59. The van der Waals surface area contributed by atoms with Gasteiger partial charge in [0.2, 0.25) is 5.91 Å². The van der Waals surface area contributed by atoms with Crippen LogP contribution in [-0.2, 0) is 22.0 Å². The molecule has 4 atom stereocenters. The van der Waals surface area contributed by atoms with Gasteiger partial charge in [0.1, 0.15) is 17.2 Å². The summed E-state index contributed by atoms with van der Waals surface area (Å²) in [5, 5.41) is 11.1. The van der Waals surface area contributed by atoms with Crippen molar-refractivity contribution in [2.75, 3.05) is 12.4 Å². The second kappa shape index (κ2) is 9.05. The van der Waals surface area contributed by atoms with Crippen molar-refractivity contribution >= 4 is 45.7 Å². The smallest absolute Gasteiger partial charge is 0.407 e. The van der Waals surface area contributed by atoms with E-state index in [9.17, 15) is 14.4 Å². The fraction of sp³-hybridized carbons (Fsp3) is 0.500. The number of hydrogen-bond donors (Lipinski definition) is 3. The van der Waals surface area contributed by atoms with Crippen molar-refractivity contribution in [1.82, 2.24) is 34.2 Å². The highest BCUT2D eigenvalue weighted by molar-refractivity contribution is 5.90.